The first kappa shape index (κ1) is 9.71. The number of aryl methyl sites for hydroxylation is 2. The molecule has 13 heavy (non-hydrogen) atoms. The van der Waals surface area contributed by atoms with E-state index in [2.05, 4.69) is 10.2 Å². The van der Waals surface area contributed by atoms with E-state index in [1.54, 1.807) is 19.9 Å². The first-order chi connectivity index (χ1) is 6.07. The van der Waals surface area contributed by atoms with Gasteiger partial charge in [0.25, 0.3) is 0 Å². The summed E-state index contributed by atoms with van der Waals surface area (Å²) in [6, 6.07) is 1.57. The zero-order chi connectivity index (χ0) is 10.0. The highest BCUT2D eigenvalue weighted by Gasteiger charge is 2.23. The molecular formula is C8H11N3O2. The summed E-state index contributed by atoms with van der Waals surface area (Å²) in [6.07, 6.45) is -2.60. The smallest absolute Gasteiger partial charge is 0.170 e. The standard InChI is InChI=1S/C8H11N3O2/c1-4-7(5(2)11-10-4)8(13)6(12)3-9/h6,8,12-13H,1-2H3,(H,10,11). The van der Waals surface area contributed by atoms with Crippen molar-refractivity contribution < 1.29 is 10.2 Å². The lowest BCUT2D eigenvalue weighted by atomic mass is 10.0. The van der Waals surface area contributed by atoms with E-state index in [4.69, 9.17) is 10.4 Å². The van der Waals surface area contributed by atoms with E-state index < -0.39 is 12.2 Å². The lowest BCUT2D eigenvalue weighted by Crippen LogP contribution is -2.16. The third kappa shape index (κ3) is 1.69. The molecule has 0 aliphatic carbocycles. The Morgan fingerprint density at radius 2 is 2.08 bits per heavy atom. The third-order valence-electron chi connectivity index (χ3n) is 1.91. The minimum absolute atomic E-state index is 0.494. The lowest BCUT2D eigenvalue weighted by Gasteiger charge is -2.11. The number of nitrogens with one attached hydrogen (secondary N) is 1. The summed E-state index contributed by atoms with van der Waals surface area (Å²) in [5, 5.41) is 33.5. The summed E-state index contributed by atoms with van der Waals surface area (Å²) in [4.78, 5) is 0. The van der Waals surface area contributed by atoms with Crippen molar-refractivity contribution >= 4 is 0 Å². The summed E-state index contributed by atoms with van der Waals surface area (Å²) in [7, 11) is 0. The molecule has 1 aromatic heterocycles. The van der Waals surface area contributed by atoms with Gasteiger partial charge in [-0.2, -0.15) is 10.4 Å². The van der Waals surface area contributed by atoms with Crippen LogP contribution in [0.1, 0.15) is 23.1 Å². The van der Waals surface area contributed by atoms with Crippen LogP contribution in [0, 0.1) is 25.2 Å². The van der Waals surface area contributed by atoms with Crippen molar-refractivity contribution in [3.8, 4) is 6.07 Å². The van der Waals surface area contributed by atoms with Crippen LogP contribution in [0.5, 0.6) is 0 Å². The van der Waals surface area contributed by atoms with Gasteiger partial charge in [-0.05, 0) is 13.8 Å². The number of nitriles is 1. The molecule has 1 rings (SSSR count). The quantitative estimate of drug-likeness (QED) is 0.557. The molecule has 0 bridgehead atoms. The lowest BCUT2D eigenvalue weighted by molar-refractivity contribution is 0.0519. The topological polar surface area (TPSA) is 92.9 Å². The van der Waals surface area contributed by atoms with Crippen LogP contribution in [0.2, 0.25) is 0 Å². The summed E-state index contributed by atoms with van der Waals surface area (Å²) >= 11 is 0. The van der Waals surface area contributed by atoms with Crippen LogP contribution in [0.3, 0.4) is 0 Å². The molecule has 1 aromatic rings. The van der Waals surface area contributed by atoms with Crippen molar-refractivity contribution in [3.05, 3.63) is 17.0 Å². The second-order valence-electron chi connectivity index (χ2n) is 2.87. The van der Waals surface area contributed by atoms with Crippen LogP contribution >= 0.6 is 0 Å². The maximum absolute atomic E-state index is 9.51. The van der Waals surface area contributed by atoms with Crippen molar-refractivity contribution in [2.75, 3.05) is 0 Å². The van der Waals surface area contributed by atoms with Crippen molar-refractivity contribution in [1.82, 2.24) is 10.2 Å². The summed E-state index contributed by atoms with van der Waals surface area (Å²) in [6.45, 7) is 3.43. The summed E-state index contributed by atoms with van der Waals surface area (Å²) in [5.74, 6) is 0. The Bertz CT molecular complexity index is 320. The Balaban J connectivity index is 3.02. The summed E-state index contributed by atoms with van der Waals surface area (Å²) in [5.41, 5.74) is 1.76. The van der Waals surface area contributed by atoms with E-state index in [9.17, 15) is 5.11 Å². The number of aromatic amines is 1. The van der Waals surface area contributed by atoms with Gasteiger partial charge in [-0.1, -0.05) is 0 Å². The molecule has 3 N–H and O–H groups in total. The Kier molecular flexibility index (Phi) is 2.66. The molecule has 5 nitrogen and oxygen atoms in total. The number of aromatic nitrogens is 2. The Morgan fingerprint density at radius 3 is 2.46 bits per heavy atom. The number of aliphatic hydroxyl groups is 2. The minimum atomic E-state index is -1.41. The second kappa shape index (κ2) is 3.56. The van der Waals surface area contributed by atoms with Gasteiger partial charge in [-0.3, -0.25) is 5.10 Å². The highest BCUT2D eigenvalue weighted by atomic mass is 16.3. The highest BCUT2D eigenvalue weighted by Crippen LogP contribution is 2.21. The number of nitrogens with zero attached hydrogens (tertiary/aromatic N) is 2. The van der Waals surface area contributed by atoms with Crippen LogP contribution in [0.25, 0.3) is 0 Å². The number of H-pyrrole nitrogens is 1. The molecule has 0 radical (unpaired) electrons. The maximum atomic E-state index is 9.51. The van der Waals surface area contributed by atoms with Crippen LogP contribution in [-0.4, -0.2) is 26.5 Å². The average molecular weight is 181 g/mol. The number of hydrogen-bond donors (Lipinski definition) is 3. The summed E-state index contributed by atoms with van der Waals surface area (Å²) < 4.78 is 0. The molecule has 2 atom stereocenters. The van der Waals surface area contributed by atoms with Gasteiger partial charge < -0.3 is 10.2 Å². The molecule has 0 saturated carbocycles. The van der Waals surface area contributed by atoms with Crippen LogP contribution in [0.15, 0.2) is 0 Å². The molecule has 0 saturated heterocycles. The predicted molar refractivity (Wildman–Crippen MR) is 44.6 cm³/mol. The molecular weight excluding hydrogens is 170 g/mol. The molecule has 0 aliphatic heterocycles. The van der Waals surface area contributed by atoms with E-state index in [0.717, 1.165) is 0 Å². The fraction of sp³-hybridized carbons (Fsp3) is 0.500. The molecule has 0 fully saturated rings. The molecule has 70 valence electrons. The third-order valence-corrected chi connectivity index (χ3v) is 1.91. The van der Waals surface area contributed by atoms with E-state index >= 15 is 0 Å². The van der Waals surface area contributed by atoms with Gasteiger partial charge in [0.15, 0.2) is 6.10 Å². The molecule has 0 amide bonds. The fourth-order valence-corrected chi connectivity index (χ4v) is 1.22. The molecule has 0 aromatic carbocycles. The van der Waals surface area contributed by atoms with Gasteiger partial charge in [0.2, 0.25) is 0 Å². The first-order valence-corrected chi connectivity index (χ1v) is 3.85. The van der Waals surface area contributed by atoms with Gasteiger partial charge in [0.05, 0.1) is 11.8 Å². The van der Waals surface area contributed by atoms with Crippen LogP contribution in [0.4, 0.5) is 0 Å². The van der Waals surface area contributed by atoms with E-state index in [1.165, 1.54) is 0 Å². The van der Waals surface area contributed by atoms with Gasteiger partial charge in [-0.15, -0.1) is 0 Å². The van der Waals surface area contributed by atoms with Crippen molar-refractivity contribution in [2.24, 2.45) is 0 Å². The van der Waals surface area contributed by atoms with Crippen LogP contribution in [-0.2, 0) is 0 Å². The molecule has 2 unspecified atom stereocenters. The molecule has 0 spiro atoms. The molecule has 0 aliphatic rings. The molecule has 1 heterocycles. The zero-order valence-corrected chi connectivity index (χ0v) is 7.44. The number of rotatable bonds is 2. The SMILES string of the molecule is Cc1n[nH]c(C)c1C(O)C(O)C#N. The van der Waals surface area contributed by atoms with Gasteiger partial charge in [0.1, 0.15) is 6.10 Å². The normalized spacial score (nSPS) is 15.0. The van der Waals surface area contributed by atoms with Crippen LogP contribution < -0.4 is 0 Å². The van der Waals surface area contributed by atoms with E-state index in [1.807, 2.05) is 0 Å². The van der Waals surface area contributed by atoms with Gasteiger partial charge in [-0.25, -0.2) is 0 Å². The second-order valence-corrected chi connectivity index (χ2v) is 2.87. The Labute approximate surface area is 75.6 Å². The van der Waals surface area contributed by atoms with E-state index in [-0.39, 0.29) is 0 Å². The van der Waals surface area contributed by atoms with Crippen molar-refractivity contribution in [2.45, 2.75) is 26.1 Å². The monoisotopic (exact) mass is 181 g/mol. The van der Waals surface area contributed by atoms with Gasteiger partial charge in [0, 0.05) is 11.3 Å². The Morgan fingerprint density at radius 1 is 1.46 bits per heavy atom. The van der Waals surface area contributed by atoms with Crippen molar-refractivity contribution in [3.63, 3.8) is 0 Å². The molecule has 5 heteroatoms. The van der Waals surface area contributed by atoms with Crippen molar-refractivity contribution in [1.29, 1.82) is 5.26 Å². The number of aliphatic hydroxyl groups excluding tert-OH is 2. The van der Waals surface area contributed by atoms with Gasteiger partial charge >= 0.3 is 0 Å². The predicted octanol–water partition coefficient (Wildman–Crippen LogP) is -0.0556. The maximum Gasteiger partial charge on any atom is 0.170 e. The Hall–Kier alpha value is -1.38. The fourth-order valence-electron chi connectivity index (χ4n) is 1.22. The largest absolute Gasteiger partial charge is 0.384 e. The average Bonchev–Trinajstić information content (AvgIpc) is 2.44. The highest BCUT2D eigenvalue weighted by molar-refractivity contribution is 5.27. The minimum Gasteiger partial charge on any atom is -0.384 e. The number of hydrogen-bond acceptors (Lipinski definition) is 4. The van der Waals surface area contributed by atoms with E-state index in [0.29, 0.717) is 17.0 Å². The zero-order valence-electron chi connectivity index (χ0n) is 7.44. The first-order valence-electron chi connectivity index (χ1n) is 3.85.